The van der Waals surface area contributed by atoms with Crippen LogP contribution in [0.1, 0.15) is 50.3 Å². The molecule has 0 spiro atoms. The molecular weight excluding hydrogens is 250 g/mol. The molecule has 1 rings (SSSR count). The molecule has 0 aliphatic carbocycles. The molecule has 0 saturated carbocycles. The molecule has 0 bridgehead atoms. The normalized spacial score (nSPS) is 14.2. The number of aryl methyl sites for hydroxylation is 1. The Morgan fingerprint density at radius 1 is 1.20 bits per heavy atom. The first-order chi connectivity index (χ1) is 9.72. The van der Waals surface area contributed by atoms with Gasteiger partial charge in [-0.2, -0.15) is 0 Å². The van der Waals surface area contributed by atoms with Crippen LogP contribution in [0.5, 0.6) is 0 Å². The van der Waals surface area contributed by atoms with Gasteiger partial charge in [0.2, 0.25) is 0 Å². The van der Waals surface area contributed by atoms with E-state index in [1.54, 1.807) is 7.11 Å². The monoisotopic (exact) mass is 279 g/mol. The Labute approximate surface area is 123 Å². The lowest BCUT2D eigenvalue weighted by molar-refractivity contribution is 0.123. The second kappa shape index (κ2) is 9.92. The predicted octanol–water partition coefficient (Wildman–Crippen LogP) is 3.08. The lowest BCUT2D eigenvalue weighted by Gasteiger charge is -2.23. The molecule has 2 unspecified atom stereocenters. The Morgan fingerprint density at radius 2 is 1.90 bits per heavy atom. The third-order valence-corrected chi connectivity index (χ3v) is 3.61. The maximum Gasteiger partial charge on any atom is 0.0942 e. The number of methoxy groups -OCH3 is 1. The zero-order chi connectivity index (χ0) is 14.8. The highest BCUT2D eigenvalue weighted by molar-refractivity contribution is 5.25. The number of rotatable bonds is 10. The van der Waals surface area contributed by atoms with Crippen LogP contribution in [0.2, 0.25) is 0 Å². The highest BCUT2D eigenvalue weighted by Gasteiger charge is 2.18. The summed E-state index contributed by atoms with van der Waals surface area (Å²) < 4.78 is 5.04. The first kappa shape index (κ1) is 17.2. The highest BCUT2D eigenvalue weighted by Crippen LogP contribution is 2.20. The van der Waals surface area contributed by atoms with E-state index in [4.69, 9.17) is 4.74 Å². The maximum absolute atomic E-state index is 10.5. The molecule has 0 amide bonds. The predicted molar refractivity (Wildman–Crippen MR) is 84.0 cm³/mol. The molecule has 0 aliphatic rings. The smallest absolute Gasteiger partial charge is 0.0942 e. The standard InChI is InChI=1S/C17H29NO2/c1-4-7-14-8-10-15(11-9-14)17(19)16(5-2)18-12-6-13-20-3/h8-11,16-19H,4-7,12-13H2,1-3H3. The third kappa shape index (κ3) is 5.61. The van der Waals surface area contributed by atoms with Crippen LogP contribution in [0.25, 0.3) is 0 Å². The second-order valence-electron chi connectivity index (χ2n) is 5.25. The maximum atomic E-state index is 10.5. The molecule has 0 aliphatic heterocycles. The van der Waals surface area contributed by atoms with Crippen molar-refractivity contribution in [2.45, 2.75) is 51.7 Å². The molecule has 0 saturated heterocycles. The van der Waals surface area contributed by atoms with Gasteiger partial charge in [-0.1, -0.05) is 44.5 Å². The Morgan fingerprint density at radius 3 is 2.45 bits per heavy atom. The zero-order valence-corrected chi connectivity index (χ0v) is 13.1. The minimum Gasteiger partial charge on any atom is -0.387 e. The van der Waals surface area contributed by atoms with Crippen LogP contribution in [0.3, 0.4) is 0 Å². The summed E-state index contributed by atoms with van der Waals surface area (Å²) in [7, 11) is 1.71. The number of benzene rings is 1. The van der Waals surface area contributed by atoms with Gasteiger partial charge in [-0.15, -0.1) is 0 Å². The molecule has 0 radical (unpaired) electrons. The van der Waals surface area contributed by atoms with E-state index in [1.165, 1.54) is 5.56 Å². The minimum absolute atomic E-state index is 0.101. The van der Waals surface area contributed by atoms with Gasteiger partial charge in [-0.05, 0) is 36.9 Å². The average Bonchev–Trinajstić information content (AvgIpc) is 2.48. The van der Waals surface area contributed by atoms with E-state index in [2.05, 4.69) is 43.4 Å². The van der Waals surface area contributed by atoms with E-state index in [-0.39, 0.29) is 6.04 Å². The first-order valence-corrected chi connectivity index (χ1v) is 7.72. The van der Waals surface area contributed by atoms with Crippen LogP contribution in [0, 0.1) is 0 Å². The summed E-state index contributed by atoms with van der Waals surface area (Å²) in [6.45, 7) is 5.91. The fraction of sp³-hybridized carbons (Fsp3) is 0.647. The highest BCUT2D eigenvalue weighted by atomic mass is 16.5. The van der Waals surface area contributed by atoms with Gasteiger partial charge in [0.05, 0.1) is 6.10 Å². The third-order valence-electron chi connectivity index (χ3n) is 3.61. The molecule has 20 heavy (non-hydrogen) atoms. The van der Waals surface area contributed by atoms with Crippen molar-refractivity contribution in [3.05, 3.63) is 35.4 Å². The molecule has 0 heterocycles. The van der Waals surface area contributed by atoms with Gasteiger partial charge >= 0.3 is 0 Å². The summed E-state index contributed by atoms with van der Waals surface area (Å²) >= 11 is 0. The van der Waals surface area contributed by atoms with Crippen LogP contribution in [-0.2, 0) is 11.2 Å². The Balaban J connectivity index is 2.53. The Hall–Kier alpha value is -0.900. The number of aliphatic hydroxyl groups is 1. The minimum atomic E-state index is -0.446. The number of hydrogen-bond acceptors (Lipinski definition) is 3. The van der Waals surface area contributed by atoms with E-state index in [0.29, 0.717) is 0 Å². The number of ether oxygens (including phenoxy) is 1. The van der Waals surface area contributed by atoms with Gasteiger partial charge in [0.15, 0.2) is 0 Å². The Bertz CT molecular complexity index is 351. The first-order valence-electron chi connectivity index (χ1n) is 7.72. The summed E-state index contributed by atoms with van der Waals surface area (Å²) in [5.41, 5.74) is 2.33. The van der Waals surface area contributed by atoms with Gasteiger partial charge in [0.25, 0.3) is 0 Å². The van der Waals surface area contributed by atoms with E-state index in [9.17, 15) is 5.11 Å². The largest absolute Gasteiger partial charge is 0.387 e. The second-order valence-corrected chi connectivity index (χ2v) is 5.25. The van der Waals surface area contributed by atoms with E-state index in [0.717, 1.165) is 44.4 Å². The van der Waals surface area contributed by atoms with Crippen molar-refractivity contribution in [3.63, 3.8) is 0 Å². The fourth-order valence-electron chi connectivity index (χ4n) is 2.39. The van der Waals surface area contributed by atoms with Crippen molar-refractivity contribution >= 4 is 0 Å². The molecule has 0 aromatic heterocycles. The quantitative estimate of drug-likeness (QED) is 0.647. The van der Waals surface area contributed by atoms with Crippen LogP contribution in [-0.4, -0.2) is 31.4 Å². The fourth-order valence-corrected chi connectivity index (χ4v) is 2.39. The van der Waals surface area contributed by atoms with E-state index in [1.807, 2.05) is 0 Å². The SMILES string of the molecule is CCCc1ccc(C(O)C(CC)NCCCOC)cc1. The summed E-state index contributed by atoms with van der Waals surface area (Å²) in [6.07, 6.45) is 3.68. The lowest BCUT2D eigenvalue weighted by Crippen LogP contribution is -2.35. The number of aliphatic hydroxyl groups excluding tert-OH is 1. The number of hydrogen-bond donors (Lipinski definition) is 2. The van der Waals surface area contributed by atoms with Gasteiger partial charge in [0, 0.05) is 19.8 Å². The molecule has 3 heteroatoms. The summed E-state index contributed by atoms with van der Waals surface area (Å²) in [4.78, 5) is 0. The van der Waals surface area contributed by atoms with E-state index < -0.39 is 6.10 Å². The van der Waals surface area contributed by atoms with Crippen molar-refractivity contribution in [3.8, 4) is 0 Å². The topological polar surface area (TPSA) is 41.5 Å². The van der Waals surface area contributed by atoms with E-state index >= 15 is 0 Å². The molecule has 3 nitrogen and oxygen atoms in total. The molecule has 2 atom stereocenters. The van der Waals surface area contributed by atoms with Crippen molar-refractivity contribution in [1.29, 1.82) is 0 Å². The zero-order valence-electron chi connectivity index (χ0n) is 13.1. The molecular formula is C17H29NO2. The van der Waals surface area contributed by atoms with Crippen LogP contribution in [0.4, 0.5) is 0 Å². The van der Waals surface area contributed by atoms with Crippen LogP contribution >= 0.6 is 0 Å². The van der Waals surface area contributed by atoms with Gasteiger partial charge in [0.1, 0.15) is 0 Å². The van der Waals surface area contributed by atoms with Crippen molar-refractivity contribution in [1.82, 2.24) is 5.32 Å². The summed E-state index contributed by atoms with van der Waals surface area (Å²) in [6, 6.07) is 8.45. The molecule has 1 aromatic carbocycles. The average molecular weight is 279 g/mol. The van der Waals surface area contributed by atoms with Gasteiger partial charge in [-0.25, -0.2) is 0 Å². The van der Waals surface area contributed by atoms with Crippen molar-refractivity contribution < 1.29 is 9.84 Å². The lowest BCUT2D eigenvalue weighted by atomic mass is 9.98. The van der Waals surface area contributed by atoms with Crippen molar-refractivity contribution in [2.75, 3.05) is 20.3 Å². The molecule has 2 N–H and O–H groups in total. The molecule has 0 fully saturated rings. The molecule has 1 aromatic rings. The van der Waals surface area contributed by atoms with Gasteiger partial charge in [-0.3, -0.25) is 0 Å². The summed E-state index contributed by atoms with van der Waals surface area (Å²) in [5, 5.41) is 13.9. The molecule has 114 valence electrons. The Kier molecular flexibility index (Phi) is 8.51. The van der Waals surface area contributed by atoms with Gasteiger partial charge < -0.3 is 15.2 Å². The van der Waals surface area contributed by atoms with Crippen LogP contribution in [0.15, 0.2) is 24.3 Å². The van der Waals surface area contributed by atoms with Crippen molar-refractivity contribution in [2.24, 2.45) is 0 Å². The van der Waals surface area contributed by atoms with Crippen LogP contribution < -0.4 is 5.32 Å². The summed E-state index contributed by atoms with van der Waals surface area (Å²) in [5.74, 6) is 0. The number of nitrogens with one attached hydrogen (secondary N) is 1.